The number of amides is 1. The molecule has 1 aromatic rings. The summed E-state index contributed by atoms with van der Waals surface area (Å²) in [4.78, 5) is 17.8. The van der Waals surface area contributed by atoms with Crippen molar-refractivity contribution in [2.75, 3.05) is 26.2 Å². The third-order valence-electron chi connectivity index (χ3n) is 3.08. The summed E-state index contributed by atoms with van der Waals surface area (Å²) < 4.78 is 0. The van der Waals surface area contributed by atoms with Gasteiger partial charge in [-0.3, -0.25) is 9.78 Å². The van der Waals surface area contributed by atoms with E-state index in [-0.39, 0.29) is 0 Å². The zero-order valence-corrected chi connectivity index (χ0v) is 10.1. The fourth-order valence-electron chi connectivity index (χ4n) is 2.07. The Balaban J connectivity index is 1.69. The van der Waals surface area contributed by atoms with E-state index in [1.807, 2.05) is 17.0 Å². The number of carbonyl (C=O) groups is 1. The molecule has 0 atom stereocenters. The first-order chi connectivity index (χ1) is 8.36. The van der Waals surface area contributed by atoms with Crippen LogP contribution >= 0.6 is 0 Å². The van der Waals surface area contributed by atoms with E-state index in [0.717, 1.165) is 39.0 Å². The standard InChI is InChI=1S/C13H19N3O/c17-13(16-10-8-15-9-11-16)3-1-2-12-4-6-14-7-5-12/h4-7,15H,1-3,8-11H2. The van der Waals surface area contributed by atoms with Crippen LogP contribution in [0.2, 0.25) is 0 Å². The van der Waals surface area contributed by atoms with Gasteiger partial charge in [0.25, 0.3) is 0 Å². The zero-order chi connectivity index (χ0) is 11.9. The maximum Gasteiger partial charge on any atom is 0.222 e. The average molecular weight is 233 g/mol. The van der Waals surface area contributed by atoms with Gasteiger partial charge in [-0.1, -0.05) is 0 Å². The van der Waals surface area contributed by atoms with Crippen molar-refractivity contribution in [1.82, 2.24) is 15.2 Å². The van der Waals surface area contributed by atoms with Gasteiger partial charge in [-0.2, -0.15) is 0 Å². The van der Waals surface area contributed by atoms with Crippen molar-refractivity contribution in [1.29, 1.82) is 0 Å². The Labute approximate surface area is 102 Å². The second-order valence-corrected chi connectivity index (χ2v) is 4.34. The third kappa shape index (κ3) is 3.82. The number of nitrogens with zero attached hydrogens (tertiary/aromatic N) is 2. The van der Waals surface area contributed by atoms with Crippen LogP contribution in [0.25, 0.3) is 0 Å². The van der Waals surface area contributed by atoms with Gasteiger partial charge >= 0.3 is 0 Å². The molecule has 1 N–H and O–H groups in total. The lowest BCUT2D eigenvalue weighted by Crippen LogP contribution is -2.46. The second kappa shape index (κ2) is 6.35. The predicted molar refractivity (Wildman–Crippen MR) is 66.6 cm³/mol. The van der Waals surface area contributed by atoms with Crippen LogP contribution in [-0.2, 0) is 11.2 Å². The van der Waals surface area contributed by atoms with Crippen molar-refractivity contribution in [2.24, 2.45) is 0 Å². The fraction of sp³-hybridized carbons (Fsp3) is 0.538. The molecule has 1 saturated heterocycles. The van der Waals surface area contributed by atoms with Crippen molar-refractivity contribution in [3.63, 3.8) is 0 Å². The van der Waals surface area contributed by atoms with Gasteiger partial charge in [0.2, 0.25) is 5.91 Å². The molecule has 17 heavy (non-hydrogen) atoms. The first-order valence-electron chi connectivity index (χ1n) is 6.23. The van der Waals surface area contributed by atoms with Gasteiger partial charge in [0.05, 0.1) is 0 Å². The molecule has 4 nitrogen and oxygen atoms in total. The first kappa shape index (κ1) is 12.0. The number of hydrogen-bond donors (Lipinski definition) is 1. The number of piperazine rings is 1. The van der Waals surface area contributed by atoms with Crippen molar-refractivity contribution >= 4 is 5.91 Å². The molecule has 0 aliphatic carbocycles. The maximum absolute atomic E-state index is 11.9. The fourth-order valence-corrected chi connectivity index (χ4v) is 2.07. The number of carbonyl (C=O) groups excluding carboxylic acids is 1. The molecule has 0 spiro atoms. The van der Waals surface area contributed by atoms with Crippen molar-refractivity contribution in [3.05, 3.63) is 30.1 Å². The Bertz CT molecular complexity index is 347. The smallest absolute Gasteiger partial charge is 0.222 e. The second-order valence-electron chi connectivity index (χ2n) is 4.34. The Hall–Kier alpha value is -1.42. The number of hydrogen-bond acceptors (Lipinski definition) is 3. The summed E-state index contributed by atoms with van der Waals surface area (Å²) in [6.07, 6.45) is 6.14. The van der Waals surface area contributed by atoms with Crippen molar-refractivity contribution in [3.8, 4) is 0 Å². The van der Waals surface area contributed by atoms with Gasteiger partial charge in [0.1, 0.15) is 0 Å². The lowest BCUT2D eigenvalue weighted by atomic mass is 10.1. The van der Waals surface area contributed by atoms with Crippen LogP contribution < -0.4 is 5.32 Å². The van der Waals surface area contributed by atoms with E-state index in [4.69, 9.17) is 0 Å². The van der Waals surface area contributed by atoms with E-state index >= 15 is 0 Å². The van der Waals surface area contributed by atoms with Crippen LogP contribution in [0, 0.1) is 0 Å². The minimum atomic E-state index is 0.292. The highest BCUT2D eigenvalue weighted by Crippen LogP contribution is 2.06. The summed E-state index contributed by atoms with van der Waals surface area (Å²) >= 11 is 0. The molecule has 1 aromatic heterocycles. The molecule has 0 saturated carbocycles. The molecule has 2 heterocycles. The molecule has 0 radical (unpaired) electrons. The first-order valence-corrected chi connectivity index (χ1v) is 6.23. The summed E-state index contributed by atoms with van der Waals surface area (Å²) in [5, 5.41) is 3.25. The maximum atomic E-state index is 11.9. The van der Waals surface area contributed by atoms with Crippen molar-refractivity contribution in [2.45, 2.75) is 19.3 Å². The summed E-state index contributed by atoms with van der Waals surface area (Å²) in [6, 6.07) is 4.02. The lowest BCUT2D eigenvalue weighted by Gasteiger charge is -2.27. The van der Waals surface area contributed by atoms with E-state index in [9.17, 15) is 4.79 Å². The molecule has 1 aliphatic heterocycles. The van der Waals surface area contributed by atoms with Crippen LogP contribution in [0.3, 0.4) is 0 Å². The summed E-state index contributed by atoms with van der Waals surface area (Å²) in [5.74, 6) is 0.292. The molecule has 0 unspecified atom stereocenters. The van der Waals surface area contributed by atoms with Crippen molar-refractivity contribution < 1.29 is 4.79 Å². The quantitative estimate of drug-likeness (QED) is 0.838. The molecular weight excluding hydrogens is 214 g/mol. The van der Waals surface area contributed by atoms with Gasteiger partial charge in [-0.25, -0.2) is 0 Å². The molecule has 0 bridgehead atoms. The molecule has 1 fully saturated rings. The van der Waals surface area contributed by atoms with Gasteiger partial charge < -0.3 is 10.2 Å². The third-order valence-corrected chi connectivity index (χ3v) is 3.08. The molecule has 1 aliphatic rings. The molecule has 4 heteroatoms. The Kier molecular flexibility index (Phi) is 4.50. The highest BCUT2D eigenvalue weighted by atomic mass is 16.2. The summed E-state index contributed by atoms with van der Waals surface area (Å²) in [7, 11) is 0. The van der Waals surface area contributed by atoms with Gasteiger partial charge in [0.15, 0.2) is 0 Å². The van der Waals surface area contributed by atoms with Gasteiger partial charge in [0, 0.05) is 45.0 Å². The van der Waals surface area contributed by atoms with Crippen LogP contribution in [0.15, 0.2) is 24.5 Å². The highest BCUT2D eigenvalue weighted by Gasteiger charge is 2.15. The topological polar surface area (TPSA) is 45.2 Å². The molecule has 92 valence electrons. The highest BCUT2D eigenvalue weighted by molar-refractivity contribution is 5.76. The normalized spacial score (nSPS) is 15.9. The van der Waals surface area contributed by atoms with Crippen LogP contribution in [-0.4, -0.2) is 42.0 Å². The minimum Gasteiger partial charge on any atom is -0.340 e. The van der Waals surface area contributed by atoms with E-state index in [1.54, 1.807) is 12.4 Å². The monoisotopic (exact) mass is 233 g/mol. The lowest BCUT2D eigenvalue weighted by molar-refractivity contribution is -0.131. The van der Waals surface area contributed by atoms with Gasteiger partial charge in [-0.05, 0) is 30.5 Å². The molecule has 2 rings (SSSR count). The average Bonchev–Trinajstić information content (AvgIpc) is 2.41. The largest absolute Gasteiger partial charge is 0.340 e. The molecule has 0 aromatic carbocycles. The van der Waals surface area contributed by atoms with E-state index in [2.05, 4.69) is 10.3 Å². The minimum absolute atomic E-state index is 0.292. The number of nitrogens with one attached hydrogen (secondary N) is 1. The Morgan fingerprint density at radius 2 is 2.00 bits per heavy atom. The predicted octanol–water partition coefficient (Wildman–Crippen LogP) is 0.836. The number of aromatic nitrogens is 1. The van der Waals surface area contributed by atoms with Crippen LogP contribution in [0.4, 0.5) is 0 Å². The summed E-state index contributed by atoms with van der Waals surface area (Å²) in [5.41, 5.74) is 1.26. The van der Waals surface area contributed by atoms with Crippen LogP contribution in [0.5, 0.6) is 0 Å². The number of pyridine rings is 1. The van der Waals surface area contributed by atoms with E-state index in [1.165, 1.54) is 5.56 Å². The van der Waals surface area contributed by atoms with E-state index in [0.29, 0.717) is 12.3 Å². The summed E-state index contributed by atoms with van der Waals surface area (Å²) in [6.45, 7) is 3.56. The van der Waals surface area contributed by atoms with Gasteiger partial charge in [-0.15, -0.1) is 0 Å². The van der Waals surface area contributed by atoms with E-state index < -0.39 is 0 Å². The van der Waals surface area contributed by atoms with Crippen LogP contribution in [0.1, 0.15) is 18.4 Å². The SMILES string of the molecule is O=C(CCCc1ccncc1)N1CCNCC1. The Morgan fingerprint density at radius 1 is 1.29 bits per heavy atom. The molecular formula is C13H19N3O. The zero-order valence-electron chi connectivity index (χ0n) is 10.1. The Morgan fingerprint density at radius 3 is 2.71 bits per heavy atom. The number of rotatable bonds is 4. The number of aryl methyl sites for hydroxylation is 1. The molecule has 1 amide bonds.